The number of rotatable bonds is 6. The molecule has 0 aliphatic carbocycles. The van der Waals surface area contributed by atoms with Crippen LogP contribution in [0.4, 0.5) is 18.9 Å². The summed E-state index contributed by atoms with van der Waals surface area (Å²) in [4.78, 5) is 30.6. The summed E-state index contributed by atoms with van der Waals surface area (Å²) < 4.78 is 42.4. The average molecular weight is 594 g/mol. The van der Waals surface area contributed by atoms with Gasteiger partial charge in [0.25, 0.3) is 17.4 Å². The highest BCUT2D eigenvalue weighted by atomic mass is 35.5. The van der Waals surface area contributed by atoms with Crippen LogP contribution in [0.3, 0.4) is 0 Å². The molecule has 1 atom stereocenters. The third-order valence-electron chi connectivity index (χ3n) is 8.57. The molecule has 0 saturated carbocycles. The third-order valence-corrected chi connectivity index (χ3v) is 8.79. The zero-order chi connectivity index (χ0) is 30.1. The molecule has 41 heavy (non-hydrogen) atoms. The first-order valence-electron chi connectivity index (χ1n) is 14.1. The number of nitrogens with zero attached hydrogens (tertiary/aromatic N) is 3. The number of carbonyl (C=O) groups is 2. The number of hydrogen-bond donors (Lipinski definition) is 1. The Morgan fingerprint density at radius 2 is 1.54 bits per heavy atom. The van der Waals surface area contributed by atoms with Crippen LogP contribution in [0, 0.1) is 25.7 Å². The maximum absolute atomic E-state index is 14.1. The summed E-state index contributed by atoms with van der Waals surface area (Å²) in [5.41, 5.74) is -1.00. The topological polar surface area (TPSA) is 64.1 Å². The Kier molecular flexibility index (Phi) is 9.29. The van der Waals surface area contributed by atoms with Crippen LogP contribution in [-0.4, -0.2) is 73.2 Å². The van der Waals surface area contributed by atoms with Gasteiger partial charge in [-0.1, -0.05) is 17.7 Å². The molecule has 0 radical (unpaired) electrons. The monoisotopic (exact) mass is 593 g/mol. The molecule has 0 spiro atoms. The second-order valence-electron chi connectivity index (χ2n) is 11.8. The van der Waals surface area contributed by atoms with Crippen molar-refractivity contribution < 1.29 is 27.9 Å². The Morgan fingerprint density at radius 3 is 2.05 bits per heavy atom. The highest BCUT2D eigenvalue weighted by Gasteiger charge is 2.62. The molecule has 2 saturated heterocycles. The Balaban J connectivity index is 1.32. The van der Waals surface area contributed by atoms with Crippen LogP contribution in [0.1, 0.15) is 59.2 Å². The molecular formula is C31H39ClF3N3O3. The molecule has 224 valence electrons. The predicted molar refractivity (Wildman–Crippen MR) is 154 cm³/mol. The van der Waals surface area contributed by atoms with Crippen molar-refractivity contribution in [1.29, 1.82) is 0 Å². The number of halogens is 4. The molecule has 2 amide bonds. The fraction of sp³-hybridized carbons (Fsp3) is 0.548. The summed E-state index contributed by atoms with van der Waals surface area (Å²) in [6, 6.07) is 9.61. The highest BCUT2D eigenvalue weighted by molar-refractivity contribution is 6.30. The van der Waals surface area contributed by atoms with Gasteiger partial charge in [-0.25, -0.2) is 0 Å². The van der Waals surface area contributed by atoms with E-state index in [1.54, 1.807) is 25.9 Å². The van der Waals surface area contributed by atoms with E-state index in [1.807, 2.05) is 19.1 Å². The van der Waals surface area contributed by atoms with Crippen LogP contribution < -0.4 is 4.90 Å². The summed E-state index contributed by atoms with van der Waals surface area (Å²) in [6.07, 6.45) is -0.976. The van der Waals surface area contributed by atoms with Gasteiger partial charge in [-0.15, -0.1) is 0 Å². The quantitative estimate of drug-likeness (QED) is 0.449. The SMILES string of the molecule is Cc1cc(Cl)cc(C(O)(C(=O)N2CCC(CC3CCN(c4ccc(C(=O)N(C)C)c(C)c4)CC3)CC2)C(F)(F)F)c1. The summed E-state index contributed by atoms with van der Waals surface area (Å²) in [5, 5.41) is 10.9. The first-order chi connectivity index (χ1) is 19.2. The van der Waals surface area contributed by atoms with E-state index >= 15 is 0 Å². The number of aryl methyl sites for hydroxylation is 2. The van der Waals surface area contributed by atoms with E-state index < -0.39 is 23.2 Å². The number of aliphatic hydroxyl groups is 1. The minimum absolute atomic E-state index is 0.0110. The van der Waals surface area contributed by atoms with Crippen molar-refractivity contribution >= 4 is 29.1 Å². The fourth-order valence-electron chi connectivity index (χ4n) is 6.18. The van der Waals surface area contributed by atoms with Crippen LogP contribution in [0.25, 0.3) is 0 Å². The van der Waals surface area contributed by atoms with Crippen molar-refractivity contribution in [2.45, 2.75) is 57.7 Å². The first-order valence-corrected chi connectivity index (χ1v) is 14.5. The number of piperidine rings is 2. The molecule has 2 aliphatic rings. The molecule has 4 rings (SSSR count). The van der Waals surface area contributed by atoms with E-state index in [0.717, 1.165) is 60.6 Å². The molecule has 2 aliphatic heterocycles. The Bertz CT molecular complexity index is 1250. The Hall–Kier alpha value is -2.78. The van der Waals surface area contributed by atoms with Crippen molar-refractivity contribution in [2.24, 2.45) is 11.8 Å². The smallest absolute Gasteiger partial charge is 0.372 e. The standard InChI is InChI=1S/C31H39ClF3N3O3/c1-20-15-24(19-25(32)16-20)30(41,31(33,34)35)29(40)38-13-9-23(10-14-38)18-22-7-11-37(12-8-22)26-5-6-27(21(2)17-26)28(39)36(3)4/h5-6,15-17,19,22-23,41H,7-14,18H2,1-4H3. The lowest BCUT2D eigenvalue weighted by Gasteiger charge is -2.40. The molecular weight excluding hydrogens is 555 g/mol. The lowest BCUT2D eigenvalue weighted by atomic mass is 9.82. The molecule has 1 N–H and O–H groups in total. The van der Waals surface area contributed by atoms with Crippen LogP contribution in [-0.2, 0) is 10.4 Å². The summed E-state index contributed by atoms with van der Waals surface area (Å²) in [7, 11) is 3.48. The number of anilines is 1. The van der Waals surface area contributed by atoms with Crippen molar-refractivity contribution in [2.75, 3.05) is 45.2 Å². The second-order valence-corrected chi connectivity index (χ2v) is 12.3. The van der Waals surface area contributed by atoms with Crippen molar-refractivity contribution in [3.63, 3.8) is 0 Å². The van der Waals surface area contributed by atoms with Gasteiger partial charge in [-0.05, 0) is 99.2 Å². The van der Waals surface area contributed by atoms with Gasteiger partial charge >= 0.3 is 6.18 Å². The number of carbonyl (C=O) groups excluding carboxylic acids is 2. The molecule has 2 heterocycles. The maximum Gasteiger partial charge on any atom is 0.430 e. The number of likely N-dealkylation sites (tertiary alicyclic amines) is 1. The summed E-state index contributed by atoms with van der Waals surface area (Å²) in [5.74, 6) is -0.521. The van der Waals surface area contributed by atoms with Gasteiger partial charge in [0.05, 0.1) is 0 Å². The largest absolute Gasteiger partial charge is 0.430 e. The van der Waals surface area contributed by atoms with Crippen LogP contribution >= 0.6 is 11.6 Å². The van der Waals surface area contributed by atoms with E-state index in [4.69, 9.17) is 11.6 Å². The minimum atomic E-state index is -5.19. The normalized spacial score (nSPS) is 18.8. The molecule has 10 heteroatoms. The number of alkyl halides is 3. The van der Waals surface area contributed by atoms with E-state index in [0.29, 0.717) is 35.8 Å². The predicted octanol–water partition coefficient (Wildman–Crippen LogP) is 5.95. The Morgan fingerprint density at radius 1 is 0.951 bits per heavy atom. The lowest BCUT2D eigenvalue weighted by molar-refractivity contribution is -0.262. The van der Waals surface area contributed by atoms with Crippen molar-refractivity contribution in [3.05, 3.63) is 63.7 Å². The molecule has 2 aromatic rings. The van der Waals surface area contributed by atoms with Gasteiger partial charge in [0.2, 0.25) is 0 Å². The lowest BCUT2D eigenvalue weighted by Crippen LogP contribution is -2.57. The van der Waals surface area contributed by atoms with Gasteiger partial charge in [0.15, 0.2) is 0 Å². The molecule has 0 aromatic heterocycles. The van der Waals surface area contributed by atoms with Gasteiger partial charge in [-0.3, -0.25) is 9.59 Å². The fourth-order valence-corrected chi connectivity index (χ4v) is 6.47. The van der Waals surface area contributed by atoms with Crippen LogP contribution in [0.15, 0.2) is 36.4 Å². The summed E-state index contributed by atoms with van der Waals surface area (Å²) in [6.45, 7) is 5.68. The van der Waals surface area contributed by atoms with Gasteiger partial charge < -0.3 is 19.8 Å². The molecule has 1 unspecified atom stereocenters. The Labute approximate surface area is 245 Å². The van der Waals surface area contributed by atoms with Gasteiger partial charge in [0.1, 0.15) is 0 Å². The van der Waals surface area contributed by atoms with Crippen molar-refractivity contribution in [3.8, 4) is 0 Å². The van der Waals surface area contributed by atoms with Crippen molar-refractivity contribution in [1.82, 2.24) is 9.80 Å². The van der Waals surface area contributed by atoms with E-state index in [-0.39, 0.29) is 24.0 Å². The van der Waals surface area contributed by atoms with E-state index in [1.165, 1.54) is 6.07 Å². The van der Waals surface area contributed by atoms with Gasteiger partial charge in [0, 0.05) is 62.1 Å². The molecule has 6 nitrogen and oxygen atoms in total. The number of hydrogen-bond acceptors (Lipinski definition) is 4. The summed E-state index contributed by atoms with van der Waals surface area (Å²) >= 11 is 5.97. The molecule has 2 aromatic carbocycles. The number of amides is 2. The molecule has 0 bridgehead atoms. The molecule has 2 fully saturated rings. The maximum atomic E-state index is 14.1. The number of benzene rings is 2. The average Bonchev–Trinajstić information content (AvgIpc) is 2.91. The second kappa shape index (κ2) is 12.2. The minimum Gasteiger partial charge on any atom is -0.372 e. The third kappa shape index (κ3) is 6.67. The van der Waals surface area contributed by atoms with Crippen LogP contribution in [0.2, 0.25) is 5.02 Å². The van der Waals surface area contributed by atoms with Gasteiger partial charge in [-0.2, -0.15) is 13.2 Å². The highest BCUT2D eigenvalue weighted by Crippen LogP contribution is 2.42. The first kappa shape index (κ1) is 31.2. The van der Waals surface area contributed by atoms with E-state index in [9.17, 15) is 27.9 Å². The van der Waals surface area contributed by atoms with E-state index in [2.05, 4.69) is 11.0 Å². The zero-order valence-corrected chi connectivity index (χ0v) is 24.9. The zero-order valence-electron chi connectivity index (χ0n) is 24.1. The van der Waals surface area contributed by atoms with Crippen LogP contribution in [0.5, 0.6) is 0 Å².